The molecular formula is C12H16ClN3O4S. The van der Waals surface area contributed by atoms with E-state index in [1.807, 2.05) is 6.92 Å². The zero-order chi connectivity index (χ0) is 15.6. The molecule has 21 heavy (non-hydrogen) atoms. The van der Waals surface area contributed by atoms with Gasteiger partial charge < -0.3 is 0 Å². The molecule has 1 heterocycles. The number of hydrogen-bond acceptors (Lipinski definition) is 4. The highest BCUT2D eigenvalue weighted by Crippen LogP contribution is 2.28. The van der Waals surface area contributed by atoms with E-state index in [0.29, 0.717) is 19.0 Å². The minimum Gasteiger partial charge on any atom is -0.271 e. The van der Waals surface area contributed by atoms with Gasteiger partial charge in [0.1, 0.15) is 5.02 Å². The number of hydrogen-bond donors (Lipinski definition) is 1. The summed E-state index contributed by atoms with van der Waals surface area (Å²) in [5.41, 5.74) is -0.201. The first-order valence-electron chi connectivity index (χ1n) is 6.51. The second kappa shape index (κ2) is 6.17. The molecule has 7 nitrogen and oxygen atoms in total. The van der Waals surface area contributed by atoms with E-state index in [9.17, 15) is 18.5 Å². The Kier molecular flexibility index (Phi) is 4.70. The molecule has 0 saturated carbocycles. The number of halogens is 1. The SMILES string of the molecule is CC1CCCN(S(=O)(=O)Nc2ccc(Cl)c([N+](=O)[O-])c2)C1. The van der Waals surface area contributed by atoms with Crippen LogP contribution in [0.2, 0.25) is 5.02 Å². The first kappa shape index (κ1) is 16.0. The average Bonchev–Trinajstić information content (AvgIpc) is 2.40. The summed E-state index contributed by atoms with van der Waals surface area (Å²) in [5.74, 6) is 0.301. The van der Waals surface area contributed by atoms with Gasteiger partial charge in [0.05, 0.1) is 10.6 Å². The third kappa shape index (κ3) is 3.84. The van der Waals surface area contributed by atoms with Crippen molar-refractivity contribution in [2.75, 3.05) is 17.8 Å². The van der Waals surface area contributed by atoms with E-state index < -0.39 is 15.1 Å². The normalized spacial score (nSPS) is 20.2. The first-order chi connectivity index (χ1) is 9.79. The predicted octanol–water partition coefficient (Wildman–Crippen LogP) is 2.64. The van der Waals surface area contributed by atoms with Crippen molar-refractivity contribution >= 4 is 33.2 Å². The minimum absolute atomic E-state index is 0.0328. The topological polar surface area (TPSA) is 92.6 Å². The van der Waals surface area contributed by atoms with Gasteiger partial charge in [-0.1, -0.05) is 18.5 Å². The Bertz CT molecular complexity index is 650. The molecule has 1 atom stereocenters. The largest absolute Gasteiger partial charge is 0.301 e. The van der Waals surface area contributed by atoms with Gasteiger partial charge in [0.25, 0.3) is 5.69 Å². The van der Waals surface area contributed by atoms with Gasteiger partial charge in [-0.3, -0.25) is 14.8 Å². The van der Waals surface area contributed by atoms with Gasteiger partial charge in [-0.15, -0.1) is 0 Å². The highest BCUT2D eigenvalue weighted by Gasteiger charge is 2.27. The van der Waals surface area contributed by atoms with Crippen molar-refractivity contribution in [3.8, 4) is 0 Å². The molecule has 1 aromatic rings. The molecule has 0 aromatic heterocycles. The van der Waals surface area contributed by atoms with E-state index in [1.165, 1.54) is 16.4 Å². The molecule has 0 amide bonds. The molecule has 116 valence electrons. The van der Waals surface area contributed by atoms with Gasteiger partial charge >= 0.3 is 10.2 Å². The molecule has 1 N–H and O–H groups in total. The van der Waals surface area contributed by atoms with Crippen LogP contribution < -0.4 is 4.72 Å². The third-order valence-electron chi connectivity index (χ3n) is 3.35. The molecule has 1 aromatic carbocycles. The summed E-state index contributed by atoms with van der Waals surface area (Å²) < 4.78 is 28.3. The van der Waals surface area contributed by atoms with Gasteiger partial charge in [-0.05, 0) is 30.9 Å². The molecule has 1 aliphatic heterocycles. The lowest BCUT2D eigenvalue weighted by Gasteiger charge is -2.30. The number of anilines is 1. The molecule has 0 radical (unpaired) electrons. The zero-order valence-electron chi connectivity index (χ0n) is 11.5. The summed E-state index contributed by atoms with van der Waals surface area (Å²) in [4.78, 5) is 10.2. The van der Waals surface area contributed by atoms with Crippen LogP contribution in [0.5, 0.6) is 0 Å². The number of nitrogens with zero attached hydrogens (tertiary/aromatic N) is 2. The Morgan fingerprint density at radius 2 is 2.19 bits per heavy atom. The number of rotatable bonds is 4. The van der Waals surface area contributed by atoms with Crippen molar-refractivity contribution in [1.82, 2.24) is 4.31 Å². The number of benzene rings is 1. The Morgan fingerprint density at radius 3 is 2.81 bits per heavy atom. The Balaban J connectivity index is 2.20. The molecule has 9 heteroatoms. The van der Waals surface area contributed by atoms with Crippen LogP contribution in [-0.4, -0.2) is 30.7 Å². The van der Waals surface area contributed by atoms with Gasteiger partial charge in [-0.25, -0.2) is 0 Å². The number of piperidine rings is 1. The van der Waals surface area contributed by atoms with Crippen LogP contribution >= 0.6 is 11.6 Å². The summed E-state index contributed by atoms with van der Waals surface area (Å²) in [6.07, 6.45) is 1.81. The van der Waals surface area contributed by atoms with Gasteiger partial charge in [-0.2, -0.15) is 12.7 Å². The molecule has 1 unspecified atom stereocenters. The monoisotopic (exact) mass is 333 g/mol. The van der Waals surface area contributed by atoms with Crippen LogP contribution in [0.15, 0.2) is 18.2 Å². The zero-order valence-corrected chi connectivity index (χ0v) is 13.0. The molecule has 1 aliphatic rings. The molecular weight excluding hydrogens is 318 g/mol. The molecule has 2 rings (SSSR count). The Labute approximate surface area is 128 Å². The highest BCUT2D eigenvalue weighted by molar-refractivity contribution is 7.90. The van der Waals surface area contributed by atoms with E-state index in [2.05, 4.69) is 4.72 Å². The maximum absolute atomic E-state index is 12.3. The number of nitro groups is 1. The van der Waals surface area contributed by atoms with Crippen molar-refractivity contribution in [2.24, 2.45) is 5.92 Å². The van der Waals surface area contributed by atoms with E-state index in [4.69, 9.17) is 11.6 Å². The van der Waals surface area contributed by atoms with E-state index in [0.717, 1.165) is 18.9 Å². The highest BCUT2D eigenvalue weighted by atomic mass is 35.5. The molecule has 1 saturated heterocycles. The fourth-order valence-electron chi connectivity index (χ4n) is 2.29. The average molecular weight is 334 g/mol. The van der Waals surface area contributed by atoms with Crippen molar-refractivity contribution < 1.29 is 13.3 Å². The van der Waals surface area contributed by atoms with Crippen molar-refractivity contribution in [3.63, 3.8) is 0 Å². The fraction of sp³-hybridized carbons (Fsp3) is 0.500. The van der Waals surface area contributed by atoms with Crippen LogP contribution in [0.4, 0.5) is 11.4 Å². The Morgan fingerprint density at radius 1 is 1.48 bits per heavy atom. The van der Waals surface area contributed by atoms with Crippen LogP contribution in [0.1, 0.15) is 19.8 Å². The molecule has 0 spiro atoms. The van der Waals surface area contributed by atoms with Crippen molar-refractivity contribution in [2.45, 2.75) is 19.8 Å². The van der Waals surface area contributed by atoms with Crippen molar-refractivity contribution in [1.29, 1.82) is 0 Å². The van der Waals surface area contributed by atoms with Gasteiger partial charge in [0.15, 0.2) is 0 Å². The van der Waals surface area contributed by atoms with Crippen LogP contribution in [0.3, 0.4) is 0 Å². The van der Waals surface area contributed by atoms with E-state index in [1.54, 1.807) is 0 Å². The molecule has 1 fully saturated rings. The number of nitrogens with one attached hydrogen (secondary N) is 1. The lowest BCUT2D eigenvalue weighted by molar-refractivity contribution is -0.384. The van der Waals surface area contributed by atoms with E-state index >= 15 is 0 Å². The van der Waals surface area contributed by atoms with Crippen molar-refractivity contribution in [3.05, 3.63) is 33.3 Å². The quantitative estimate of drug-likeness (QED) is 0.677. The predicted molar refractivity (Wildman–Crippen MR) is 80.6 cm³/mol. The standard InChI is InChI=1S/C12H16ClN3O4S/c1-9-3-2-6-15(8-9)21(19,20)14-10-4-5-11(13)12(7-10)16(17)18/h4-5,7,9,14H,2-3,6,8H2,1H3. The van der Waals surface area contributed by atoms with Crippen LogP contribution in [-0.2, 0) is 10.2 Å². The fourth-order valence-corrected chi connectivity index (χ4v) is 3.85. The molecule has 0 bridgehead atoms. The maximum Gasteiger partial charge on any atom is 0.301 e. The van der Waals surface area contributed by atoms with Gasteiger partial charge in [0, 0.05) is 19.2 Å². The Hall–Kier alpha value is -1.38. The second-order valence-corrected chi connectivity index (χ2v) is 7.21. The second-order valence-electron chi connectivity index (χ2n) is 5.14. The summed E-state index contributed by atoms with van der Waals surface area (Å²) in [5, 5.41) is 10.8. The summed E-state index contributed by atoms with van der Waals surface area (Å²) in [6, 6.07) is 3.82. The minimum atomic E-state index is -3.71. The summed E-state index contributed by atoms with van der Waals surface area (Å²) in [7, 11) is -3.71. The molecule has 0 aliphatic carbocycles. The lowest BCUT2D eigenvalue weighted by Crippen LogP contribution is -2.42. The third-order valence-corrected chi connectivity index (χ3v) is 5.17. The lowest BCUT2D eigenvalue weighted by atomic mass is 10.0. The van der Waals surface area contributed by atoms with Gasteiger partial charge in [0.2, 0.25) is 0 Å². The van der Waals surface area contributed by atoms with E-state index in [-0.39, 0.29) is 16.4 Å². The maximum atomic E-state index is 12.3. The summed E-state index contributed by atoms with van der Waals surface area (Å²) in [6.45, 7) is 2.90. The summed E-state index contributed by atoms with van der Waals surface area (Å²) >= 11 is 5.70. The van der Waals surface area contributed by atoms with Crippen LogP contribution in [0.25, 0.3) is 0 Å². The number of nitro benzene ring substituents is 1. The first-order valence-corrected chi connectivity index (χ1v) is 8.33. The smallest absolute Gasteiger partial charge is 0.271 e. The van der Waals surface area contributed by atoms with Crippen LogP contribution in [0, 0.1) is 16.0 Å².